The third kappa shape index (κ3) is 2.91. The van der Waals surface area contributed by atoms with Gasteiger partial charge in [-0.05, 0) is 29.7 Å². The Kier molecular flexibility index (Phi) is 3.80. The summed E-state index contributed by atoms with van der Waals surface area (Å²) in [6, 6.07) is 14.7. The van der Waals surface area contributed by atoms with E-state index in [9.17, 15) is 13.2 Å². The zero-order valence-electron chi connectivity index (χ0n) is 13.5. The third-order valence-corrected chi connectivity index (χ3v) is 5.92. The number of rotatable bonds is 2. The molecule has 25 heavy (non-hydrogen) atoms. The van der Waals surface area contributed by atoms with Gasteiger partial charge in [0.05, 0.1) is 4.90 Å². The van der Waals surface area contributed by atoms with Gasteiger partial charge in [-0.1, -0.05) is 36.4 Å². The largest absolute Gasteiger partial charge is 0.336 e. The van der Waals surface area contributed by atoms with Gasteiger partial charge in [-0.2, -0.15) is 0 Å². The van der Waals surface area contributed by atoms with Crippen LogP contribution in [-0.2, 0) is 27.8 Å². The van der Waals surface area contributed by atoms with Gasteiger partial charge in [0.1, 0.15) is 12.4 Å². The molecule has 0 saturated carbocycles. The average molecular weight is 355 g/mol. The van der Waals surface area contributed by atoms with Crippen LogP contribution in [0.15, 0.2) is 58.4 Å². The van der Waals surface area contributed by atoms with Crippen LogP contribution in [0.5, 0.6) is 0 Å². The molecule has 6 nitrogen and oxygen atoms in total. The highest BCUT2D eigenvalue weighted by molar-refractivity contribution is 7.90. The van der Waals surface area contributed by atoms with E-state index in [0.717, 1.165) is 12.0 Å². The van der Waals surface area contributed by atoms with Gasteiger partial charge >= 0.3 is 0 Å². The van der Waals surface area contributed by atoms with E-state index in [0.29, 0.717) is 18.7 Å². The molecule has 2 heterocycles. The molecule has 0 atom stereocenters. The molecule has 0 spiro atoms. The molecular weight excluding hydrogens is 338 g/mol. The Hall–Kier alpha value is -2.67. The van der Waals surface area contributed by atoms with Gasteiger partial charge in [-0.25, -0.2) is 8.42 Å². The van der Waals surface area contributed by atoms with Crippen LogP contribution < -0.4 is 4.72 Å². The number of nitrogens with one attached hydrogen (secondary N) is 1. The minimum Gasteiger partial charge on any atom is -0.336 e. The number of hydrogen-bond acceptors (Lipinski definition) is 4. The van der Waals surface area contributed by atoms with Crippen molar-refractivity contribution >= 4 is 21.8 Å². The van der Waals surface area contributed by atoms with Crippen LogP contribution >= 0.6 is 0 Å². The second-order valence-corrected chi connectivity index (χ2v) is 7.75. The Labute approximate surface area is 146 Å². The smallest absolute Gasteiger partial charge is 0.263 e. The number of carbonyl (C=O) groups is 1. The molecule has 2 aromatic carbocycles. The second kappa shape index (κ2) is 6.00. The summed E-state index contributed by atoms with van der Waals surface area (Å²) in [7, 11) is -3.57. The van der Waals surface area contributed by atoms with E-state index in [1.54, 1.807) is 23.1 Å². The highest BCUT2D eigenvalue weighted by atomic mass is 32.2. The van der Waals surface area contributed by atoms with Crippen LogP contribution in [0.3, 0.4) is 0 Å². The Morgan fingerprint density at radius 2 is 1.80 bits per heavy atom. The number of amidine groups is 1. The number of fused-ring (bicyclic) bond motifs is 2. The van der Waals surface area contributed by atoms with Crippen LogP contribution in [0.1, 0.15) is 16.7 Å². The first kappa shape index (κ1) is 15.8. The molecule has 0 radical (unpaired) electrons. The molecule has 1 N–H and O–H groups in total. The van der Waals surface area contributed by atoms with Gasteiger partial charge in [0.15, 0.2) is 0 Å². The predicted octanol–water partition coefficient (Wildman–Crippen LogP) is 1.31. The summed E-state index contributed by atoms with van der Waals surface area (Å²) in [5, 5.41) is 0. The van der Waals surface area contributed by atoms with E-state index in [4.69, 9.17) is 0 Å². The van der Waals surface area contributed by atoms with Crippen molar-refractivity contribution in [3.63, 3.8) is 0 Å². The summed E-state index contributed by atoms with van der Waals surface area (Å²) in [5.74, 6) is 0.131. The summed E-state index contributed by atoms with van der Waals surface area (Å²) in [6.07, 6.45) is 0.827. The summed E-state index contributed by atoms with van der Waals surface area (Å²) >= 11 is 0. The van der Waals surface area contributed by atoms with Gasteiger partial charge in [-0.15, -0.1) is 0 Å². The number of aliphatic imine (C=N–C) groups is 1. The lowest BCUT2D eigenvalue weighted by Gasteiger charge is -2.28. The van der Waals surface area contributed by atoms with E-state index in [1.165, 1.54) is 11.6 Å². The lowest BCUT2D eigenvalue weighted by atomic mass is 10.00. The number of hydrogen-bond donors (Lipinski definition) is 1. The van der Waals surface area contributed by atoms with Gasteiger partial charge in [0, 0.05) is 18.7 Å². The average Bonchev–Trinajstić information content (AvgIpc) is 2.90. The molecule has 0 unspecified atom stereocenters. The van der Waals surface area contributed by atoms with E-state index >= 15 is 0 Å². The number of sulfonamides is 1. The number of benzene rings is 2. The number of carbonyl (C=O) groups excluding carboxylic acids is 1. The summed E-state index contributed by atoms with van der Waals surface area (Å²) < 4.78 is 26.5. The third-order valence-electron chi connectivity index (χ3n) is 4.52. The fourth-order valence-electron chi connectivity index (χ4n) is 3.21. The number of amides is 1. The summed E-state index contributed by atoms with van der Waals surface area (Å²) in [5.41, 5.74) is 2.94. The first-order chi connectivity index (χ1) is 12.0. The molecule has 2 aliphatic heterocycles. The van der Waals surface area contributed by atoms with Crippen LogP contribution in [0, 0.1) is 0 Å². The van der Waals surface area contributed by atoms with Crippen LogP contribution in [-0.4, -0.2) is 38.2 Å². The normalized spacial score (nSPS) is 19.2. The maximum atomic E-state index is 12.5. The molecule has 4 rings (SSSR count). The van der Waals surface area contributed by atoms with Crippen molar-refractivity contribution in [2.24, 2.45) is 4.99 Å². The minimum absolute atomic E-state index is 0.0750. The van der Waals surface area contributed by atoms with Crippen molar-refractivity contribution < 1.29 is 13.2 Å². The van der Waals surface area contributed by atoms with Gasteiger partial charge in [-0.3, -0.25) is 14.5 Å². The van der Waals surface area contributed by atoms with Crippen LogP contribution in [0.2, 0.25) is 0 Å². The monoisotopic (exact) mass is 355 g/mol. The highest BCUT2D eigenvalue weighted by Crippen LogP contribution is 2.22. The molecule has 0 aromatic heterocycles. The fraction of sp³-hybridized carbons (Fsp3) is 0.222. The zero-order chi connectivity index (χ0) is 17.4. The Bertz CT molecular complexity index is 983. The lowest BCUT2D eigenvalue weighted by molar-refractivity contribution is -0.130. The summed E-state index contributed by atoms with van der Waals surface area (Å²) in [4.78, 5) is 18.7. The molecule has 2 aromatic rings. The first-order valence-corrected chi connectivity index (χ1v) is 9.54. The highest BCUT2D eigenvalue weighted by Gasteiger charge is 2.30. The van der Waals surface area contributed by atoms with Crippen LogP contribution in [0.4, 0.5) is 0 Å². The topological polar surface area (TPSA) is 78.8 Å². The molecule has 0 saturated heterocycles. The zero-order valence-corrected chi connectivity index (χ0v) is 14.3. The molecule has 0 aliphatic carbocycles. The van der Waals surface area contributed by atoms with E-state index < -0.39 is 10.0 Å². The Balaban J connectivity index is 1.51. The molecule has 0 bridgehead atoms. The van der Waals surface area contributed by atoms with Crippen molar-refractivity contribution in [1.82, 2.24) is 9.62 Å². The maximum absolute atomic E-state index is 12.5. The molecule has 0 fully saturated rings. The summed E-state index contributed by atoms with van der Waals surface area (Å²) in [6.45, 7) is 1.15. The van der Waals surface area contributed by atoms with E-state index in [2.05, 4.69) is 15.8 Å². The Morgan fingerprint density at radius 1 is 1.08 bits per heavy atom. The van der Waals surface area contributed by atoms with Gasteiger partial charge < -0.3 is 4.90 Å². The van der Waals surface area contributed by atoms with Crippen molar-refractivity contribution in [2.45, 2.75) is 17.9 Å². The van der Waals surface area contributed by atoms with Crippen LogP contribution in [0.25, 0.3) is 0 Å². The number of nitrogens with zero attached hydrogens (tertiary/aromatic N) is 2. The van der Waals surface area contributed by atoms with Gasteiger partial charge in [0.2, 0.25) is 5.91 Å². The molecule has 128 valence electrons. The van der Waals surface area contributed by atoms with E-state index in [-0.39, 0.29) is 23.2 Å². The second-order valence-electron chi connectivity index (χ2n) is 6.10. The first-order valence-electron chi connectivity index (χ1n) is 8.06. The van der Waals surface area contributed by atoms with Crippen molar-refractivity contribution in [3.05, 3.63) is 65.2 Å². The molecule has 7 heteroatoms. The fourth-order valence-corrected chi connectivity index (χ4v) is 4.46. The standard InChI is InChI=1S/C18H17N3O3S/c22-17(21-10-9-13-5-1-2-6-14(13)12-21)11-19-18-15-7-3-4-8-16(15)25(23,24)20-18/h1-8H,9-12H2,(H,19,20). The maximum Gasteiger partial charge on any atom is 0.263 e. The SMILES string of the molecule is O=C(CN=C1NS(=O)(=O)c2ccccc21)N1CCc2ccccc2C1. The lowest BCUT2D eigenvalue weighted by Crippen LogP contribution is -2.37. The van der Waals surface area contributed by atoms with Crippen molar-refractivity contribution in [3.8, 4) is 0 Å². The van der Waals surface area contributed by atoms with Gasteiger partial charge in [0.25, 0.3) is 10.0 Å². The van der Waals surface area contributed by atoms with Crippen molar-refractivity contribution in [2.75, 3.05) is 13.1 Å². The van der Waals surface area contributed by atoms with Crippen molar-refractivity contribution in [1.29, 1.82) is 0 Å². The minimum atomic E-state index is -3.57. The predicted molar refractivity (Wildman–Crippen MR) is 93.7 cm³/mol. The molecule has 1 amide bonds. The Morgan fingerprint density at radius 3 is 2.64 bits per heavy atom. The molecular formula is C18H17N3O3S. The van der Waals surface area contributed by atoms with E-state index in [1.807, 2.05) is 18.2 Å². The quantitative estimate of drug-likeness (QED) is 0.882. The molecule has 2 aliphatic rings.